The van der Waals surface area contributed by atoms with Crippen LogP contribution in [-0.2, 0) is 9.53 Å². The number of nitrogens with one attached hydrogen (secondary N) is 2. The van der Waals surface area contributed by atoms with Gasteiger partial charge in [-0.3, -0.25) is 4.79 Å². The van der Waals surface area contributed by atoms with Gasteiger partial charge in [0.2, 0.25) is 5.91 Å². The van der Waals surface area contributed by atoms with Gasteiger partial charge in [0.05, 0.1) is 12.7 Å². The highest BCUT2D eigenvalue weighted by Gasteiger charge is 2.21. The zero-order chi connectivity index (χ0) is 11.9. The summed E-state index contributed by atoms with van der Waals surface area (Å²) in [5, 5.41) is 6.35. The van der Waals surface area contributed by atoms with Gasteiger partial charge in [0.1, 0.15) is 0 Å². The molecule has 1 aliphatic heterocycles. The fraction of sp³-hybridized carbons (Fsp3) is 0.923. The molecule has 2 N–H and O–H groups in total. The van der Waals surface area contributed by atoms with Crippen molar-refractivity contribution in [3.8, 4) is 0 Å². The van der Waals surface area contributed by atoms with Crippen molar-refractivity contribution in [1.29, 1.82) is 0 Å². The Labute approximate surface area is 103 Å². The lowest BCUT2D eigenvalue weighted by Gasteiger charge is -2.24. The van der Waals surface area contributed by atoms with Crippen LogP contribution in [-0.4, -0.2) is 38.3 Å². The summed E-state index contributed by atoms with van der Waals surface area (Å²) < 4.78 is 5.59. The molecule has 2 rings (SSSR count). The number of ether oxygens (including phenoxy) is 1. The van der Waals surface area contributed by atoms with Gasteiger partial charge in [0.15, 0.2) is 0 Å². The summed E-state index contributed by atoms with van der Waals surface area (Å²) in [5.41, 5.74) is 0. The molecule has 1 atom stereocenters. The van der Waals surface area contributed by atoms with Crippen LogP contribution in [0.15, 0.2) is 0 Å². The minimum Gasteiger partial charge on any atom is -0.376 e. The second-order valence-corrected chi connectivity index (χ2v) is 5.11. The molecule has 1 unspecified atom stereocenters. The molecule has 1 aliphatic carbocycles. The first-order valence-corrected chi connectivity index (χ1v) is 6.96. The van der Waals surface area contributed by atoms with Gasteiger partial charge in [-0.15, -0.1) is 0 Å². The number of amides is 1. The van der Waals surface area contributed by atoms with Crippen molar-refractivity contribution >= 4 is 5.91 Å². The summed E-state index contributed by atoms with van der Waals surface area (Å²) in [6.07, 6.45) is 7.08. The van der Waals surface area contributed by atoms with Crippen LogP contribution in [0.4, 0.5) is 0 Å². The van der Waals surface area contributed by atoms with Crippen LogP contribution in [0.5, 0.6) is 0 Å². The maximum absolute atomic E-state index is 11.9. The third-order valence-corrected chi connectivity index (χ3v) is 3.75. The van der Waals surface area contributed by atoms with Crippen LogP contribution >= 0.6 is 0 Å². The first kappa shape index (κ1) is 12.8. The number of hydrogen-bond donors (Lipinski definition) is 2. The van der Waals surface area contributed by atoms with Crippen LogP contribution in [0, 0.1) is 5.92 Å². The lowest BCUT2D eigenvalue weighted by molar-refractivity contribution is -0.126. The summed E-state index contributed by atoms with van der Waals surface area (Å²) in [7, 11) is 0. The lowest BCUT2D eigenvalue weighted by Crippen LogP contribution is -2.41. The predicted octanol–water partition coefficient (Wildman–Crippen LogP) is 1.06. The van der Waals surface area contributed by atoms with E-state index in [1.54, 1.807) is 0 Å². The van der Waals surface area contributed by atoms with E-state index in [2.05, 4.69) is 10.6 Å². The van der Waals surface area contributed by atoms with Crippen molar-refractivity contribution in [1.82, 2.24) is 10.6 Å². The molecule has 2 fully saturated rings. The van der Waals surface area contributed by atoms with E-state index in [0.717, 1.165) is 45.5 Å². The quantitative estimate of drug-likeness (QED) is 0.772. The molecule has 98 valence electrons. The number of hydrogen-bond acceptors (Lipinski definition) is 3. The fourth-order valence-corrected chi connectivity index (χ4v) is 2.67. The van der Waals surface area contributed by atoms with Gasteiger partial charge in [-0.1, -0.05) is 19.3 Å². The molecule has 2 aliphatic rings. The lowest BCUT2D eigenvalue weighted by atomic mass is 9.88. The van der Waals surface area contributed by atoms with E-state index < -0.39 is 0 Å². The first-order chi connectivity index (χ1) is 8.36. The average Bonchev–Trinajstić information content (AvgIpc) is 2.41. The molecule has 0 aromatic rings. The summed E-state index contributed by atoms with van der Waals surface area (Å²) in [4.78, 5) is 11.9. The third-order valence-electron chi connectivity index (χ3n) is 3.75. The van der Waals surface area contributed by atoms with E-state index in [1.165, 1.54) is 19.3 Å². The van der Waals surface area contributed by atoms with Crippen LogP contribution in [0.1, 0.15) is 38.5 Å². The Bertz CT molecular complexity index is 234. The minimum absolute atomic E-state index is 0.258. The number of morpholine rings is 1. The maximum atomic E-state index is 11.9. The third kappa shape index (κ3) is 4.28. The number of carbonyl (C=O) groups is 1. The fourth-order valence-electron chi connectivity index (χ4n) is 2.67. The Hall–Kier alpha value is -0.610. The van der Waals surface area contributed by atoms with Crippen molar-refractivity contribution in [2.75, 3.05) is 26.2 Å². The minimum atomic E-state index is 0.258. The Balaban J connectivity index is 1.58. The Kier molecular flexibility index (Phi) is 5.26. The van der Waals surface area contributed by atoms with Crippen molar-refractivity contribution < 1.29 is 9.53 Å². The summed E-state index contributed by atoms with van der Waals surface area (Å²) >= 11 is 0. The average molecular weight is 240 g/mol. The number of rotatable bonds is 4. The monoisotopic (exact) mass is 240 g/mol. The van der Waals surface area contributed by atoms with E-state index in [1.807, 2.05) is 0 Å². The largest absolute Gasteiger partial charge is 0.376 e. The predicted molar refractivity (Wildman–Crippen MR) is 66.8 cm³/mol. The summed E-state index contributed by atoms with van der Waals surface area (Å²) in [5.74, 6) is 0.530. The highest BCUT2D eigenvalue weighted by Crippen LogP contribution is 2.23. The van der Waals surface area contributed by atoms with E-state index in [9.17, 15) is 4.79 Å². The molecule has 0 bridgehead atoms. The first-order valence-electron chi connectivity index (χ1n) is 6.96. The van der Waals surface area contributed by atoms with Crippen molar-refractivity contribution in [3.63, 3.8) is 0 Å². The highest BCUT2D eigenvalue weighted by molar-refractivity contribution is 5.78. The van der Waals surface area contributed by atoms with Gasteiger partial charge in [-0.2, -0.15) is 0 Å². The molecule has 17 heavy (non-hydrogen) atoms. The molecule has 1 saturated carbocycles. The Morgan fingerprint density at radius 3 is 2.82 bits per heavy atom. The van der Waals surface area contributed by atoms with Crippen molar-refractivity contribution in [3.05, 3.63) is 0 Å². The van der Waals surface area contributed by atoms with Gasteiger partial charge in [-0.05, 0) is 19.3 Å². The molecule has 0 radical (unpaired) electrons. The highest BCUT2D eigenvalue weighted by atomic mass is 16.5. The molecule has 0 spiro atoms. The molecule has 1 heterocycles. The SMILES string of the molecule is O=C(NCCC1CNCCO1)C1CCCCC1. The van der Waals surface area contributed by atoms with Crippen LogP contribution in [0.2, 0.25) is 0 Å². The Morgan fingerprint density at radius 2 is 2.12 bits per heavy atom. The molecule has 1 amide bonds. The van der Waals surface area contributed by atoms with Gasteiger partial charge in [0, 0.05) is 25.6 Å². The van der Waals surface area contributed by atoms with Crippen LogP contribution in [0.25, 0.3) is 0 Å². The zero-order valence-electron chi connectivity index (χ0n) is 10.5. The maximum Gasteiger partial charge on any atom is 0.223 e. The standard InChI is InChI=1S/C13H24N2O2/c16-13(11-4-2-1-3-5-11)15-7-6-12-10-14-8-9-17-12/h11-12,14H,1-10H2,(H,15,16). The van der Waals surface area contributed by atoms with E-state index >= 15 is 0 Å². The molecule has 0 aromatic carbocycles. The van der Waals surface area contributed by atoms with Crippen molar-refractivity contribution in [2.45, 2.75) is 44.6 Å². The Morgan fingerprint density at radius 1 is 1.29 bits per heavy atom. The van der Waals surface area contributed by atoms with Crippen LogP contribution < -0.4 is 10.6 Å². The summed E-state index contributed by atoms with van der Waals surface area (Å²) in [6.45, 7) is 3.41. The van der Waals surface area contributed by atoms with E-state index in [-0.39, 0.29) is 17.9 Å². The van der Waals surface area contributed by atoms with E-state index in [0.29, 0.717) is 0 Å². The van der Waals surface area contributed by atoms with Gasteiger partial charge >= 0.3 is 0 Å². The topological polar surface area (TPSA) is 50.4 Å². The van der Waals surface area contributed by atoms with Crippen molar-refractivity contribution in [2.24, 2.45) is 5.92 Å². The smallest absolute Gasteiger partial charge is 0.223 e. The zero-order valence-corrected chi connectivity index (χ0v) is 10.5. The summed E-state index contributed by atoms with van der Waals surface area (Å²) in [6, 6.07) is 0. The molecule has 4 nitrogen and oxygen atoms in total. The second kappa shape index (κ2) is 6.97. The van der Waals surface area contributed by atoms with Gasteiger partial charge in [0.25, 0.3) is 0 Å². The van der Waals surface area contributed by atoms with Gasteiger partial charge in [-0.25, -0.2) is 0 Å². The normalized spacial score (nSPS) is 26.7. The van der Waals surface area contributed by atoms with Crippen LogP contribution in [0.3, 0.4) is 0 Å². The second-order valence-electron chi connectivity index (χ2n) is 5.11. The molecule has 1 saturated heterocycles. The molecular weight excluding hydrogens is 216 g/mol. The van der Waals surface area contributed by atoms with Gasteiger partial charge < -0.3 is 15.4 Å². The number of carbonyl (C=O) groups excluding carboxylic acids is 1. The molecule has 4 heteroatoms. The van der Waals surface area contributed by atoms with E-state index in [4.69, 9.17) is 4.74 Å². The molecular formula is C13H24N2O2. The molecule has 0 aromatic heterocycles.